The molecule has 0 spiro atoms. The minimum Gasteiger partial charge on any atom is -0.461 e. The van der Waals surface area contributed by atoms with Crippen LogP contribution in [0.5, 0.6) is 0 Å². The van der Waals surface area contributed by atoms with E-state index in [1.54, 1.807) is 12.1 Å². The molecule has 1 aromatic carbocycles. The van der Waals surface area contributed by atoms with Gasteiger partial charge in [0.1, 0.15) is 0 Å². The molecule has 0 aliphatic heterocycles. The van der Waals surface area contributed by atoms with Gasteiger partial charge in [-0.3, -0.25) is 14.2 Å². The number of thioether (sulfide) groups is 1. The van der Waals surface area contributed by atoms with Gasteiger partial charge in [0.05, 0.1) is 24.2 Å². The van der Waals surface area contributed by atoms with Gasteiger partial charge in [-0.1, -0.05) is 25.6 Å². The number of carbonyl (C=O) groups is 2. The van der Waals surface area contributed by atoms with Gasteiger partial charge in [0.25, 0.3) is 0 Å². The van der Waals surface area contributed by atoms with Gasteiger partial charge in [0.15, 0.2) is 34.2 Å². The Hall–Kier alpha value is -3.28. The van der Waals surface area contributed by atoms with E-state index in [-0.39, 0.29) is 11.7 Å². The van der Waals surface area contributed by atoms with E-state index in [2.05, 4.69) is 20.8 Å². The first-order valence-electron chi connectivity index (χ1n) is 9.56. The van der Waals surface area contributed by atoms with E-state index in [0.29, 0.717) is 29.4 Å². The fourth-order valence-corrected chi connectivity index (χ4v) is 3.47. The highest BCUT2D eigenvalue weighted by Gasteiger charge is 2.19. The smallest absolute Gasteiger partial charge is 0.243 e. The van der Waals surface area contributed by atoms with Crippen molar-refractivity contribution in [2.24, 2.45) is 5.92 Å². The molecule has 0 atom stereocenters. The molecular formula is C20H20F3N5O3S. The normalized spacial score (nSPS) is 11.1. The molecule has 170 valence electrons. The number of nitrogens with zero attached hydrogens (tertiary/aromatic N) is 3. The molecule has 2 aromatic heterocycles. The predicted molar refractivity (Wildman–Crippen MR) is 111 cm³/mol. The molecule has 3 aromatic rings. The highest BCUT2D eigenvalue weighted by atomic mass is 32.2. The highest BCUT2D eigenvalue weighted by Crippen LogP contribution is 2.25. The summed E-state index contributed by atoms with van der Waals surface area (Å²) in [5.41, 5.74) is -0.523. The van der Waals surface area contributed by atoms with E-state index in [9.17, 15) is 22.8 Å². The first-order chi connectivity index (χ1) is 15.3. The quantitative estimate of drug-likeness (QED) is 0.369. The topological polar surface area (TPSA) is 102 Å². The highest BCUT2D eigenvalue weighted by molar-refractivity contribution is 7.99. The van der Waals surface area contributed by atoms with E-state index in [1.807, 2.05) is 18.4 Å². The monoisotopic (exact) mass is 467 g/mol. The Morgan fingerprint density at radius 2 is 1.91 bits per heavy atom. The zero-order chi connectivity index (χ0) is 23.3. The van der Waals surface area contributed by atoms with E-state index in [4.69, 9.17) is 4.42 Å². The minimum atomic E-state index is -1.69. The van der Waals surface area contributed by atoms with Crippen molar-refractivity contribution in [1.29, 1.82) is 0 Å². The summed E-state index contributed by atoms with van der Waals surface area (Å²) in [4.78, 5) is 24.0. The zero-order valence-corrected chi connectivity index (χ0v) is 18.0. The Balaban J connectivity index is 1.55. The summed E-state index contributed by atoms with van der Waals surface area (Å²) in [5.74, 6) is -4.53. The number of rotatable bonds is 9. The van der Waals surface area contributed by atoms with Crippen LogP contribution in [0.3, 0.4) is 0 Å². The molecule has 2 amide bonds. The third kappa shape index (κ3) is 5.69. The van der Waals surface area contributed by atoms with Crippen molar-refractivity contribution in [3.05, 3.63) is 48.0 Å². The van der Waals surface area contributed by atoms with Crippen molar-refractivity contribution in [3.63, 3.8) is 0 Å². The number of hydrogen-bond acceptors (Lipinski definition) is 6. The number of carbonyl (C=O) groups excluding carboxylic acids is 2. The lowest BCUT2D eigenvalue weighted by Crippen LogP contribution is -2.34. The minimum absolute atomic E-state index is 0.0544. The van der Waals surface area contributed by atoms with Crippen LogP contribution in [0.4, 0.5) is 18.9 Å². The van der Waals surface area contributed by atoms with Crippen LogP contribution >= 0.6 is 11.8 Å². The molecule has 3 rings (SSSR count). The molecule has 0 aliphatic rings. The lowest BCUT2D eigenvalue weighted by molar-refractivity contribution is -0.122. The third-order valence-electron chi connectivity index (χ3n) is 4.09. The van der Waals surface area contributed by atoms with Crippen LogP contribution in [0.1, 0.15) is 13.8 Å². The summed E-state index contributed by atoms with van der Waals surface area (Å²) < 4.78 is 47.0. The largest absolute Gasteiger partial charge is 0.461 e. The number of nitrogens with one attached hydrogen (secondary N) is 2. The Kier molecular flexibility index (Phi) is 7.57. The average Bonchev–Trinajstić information content (AvgIpc) is 3.41. The van der Waals surface area contributed by atoms with Crippen molar-refractivity contribution in [3.8, 4) is 11.6 Å². The molecular weight excluding hydrogens is 447 g/mol. The molecule has 2 N–H and O–H groups in total. The fraction of sp³-hybridized carbons (Fsp3) is 0.300. The van der Waals surface area contributed by atoms with Gasteiger partial charge in [0.2, 0.25) is 11.8 Å². The second-order valence-corrected chi connectivity index (χ2v) is 8.07. The average molecular weight is 467 g/mol. The van der Waals surface area contributed by atoms with Crippen molar-refractivity contribution < 1.29 is 27.2 Å². The zero-order valence-electron chi connectivity index (χ0n) is 17.2. The molecule has 12 heteroatoms. The van der Waals surface area contributed by atoms with Crippen LogP contribution in [0.2, 0.25) is 0 Å². The van der Waals surface area contributed by atoms with Crippen LogP contribution in [-0.4, -0.2) is 38.9 Å². The van der Waals surface area contributed by atoms with E-state index >= 15 is 0 Å². The molecule has 0 bridgehead atoms. The van der Waals surface area contributed by atoms with Crippen LogP contribution in [0.15, 0.2) is 40.1 Å². The lowest BCUT2D eigenvalue weighted by Gasteiger charge is -2.11. The van der Waals surface area contributed by atoms with Gasteiger partial charge in [-0.05, 0) is 30.2 Å². The Morgan fingerprint density at radius 3 is 2.59 bits per heavy atom. The Morgan fingerprint density at radius 1 is 1.12 bits per heavy atom. The SMILES string of the molecule is CC(C)Cn1c(SCC(=O)NCC(=O)Nc2ccc(F)c(F)c2F)nnc1-c1ccco1. The number of amides is 2. The summed E-state index contributed by atoms with van der Waals surface area (Å²) in [6, 6.07) is 5.08. The second kappa shape index (κ2) is 10.4. The van der Waals surface area contributed by atoms with Gasteiger partial charge in [-0.25, -0.2) is 13.2 Å². The number of aromatic nitrogens is 3. The lowest BCUT2D eigenvalue weighted by atomic mass is 10.2. The Bertz CT molecular complexity index is 1100. The second-order valence-electron chi connectivity index (χ2n) is 7.12. The summed E-state index contributed by atoms with van der Waals surface area (Å²) in [7, 11) is 0. The first-order valence-corrected chi connectivity index (χ1v) is 10.5. The molecule has 0 saturated carbocycles. The molecule has 8 nitrogen and oxygen atoms in total. The van der Waals surface area contributed by atoms with Crippen molar-refractivity contribution in [2.45, 2.75) is 25.5 Å². The van der Waals surface area contributed by atoms with Crippen molar-refractivity contribution in [2.75, 3.05) is 17.6 Å². The van der Waals surface area contributed by atoms with Gasteiger partial charge < -0.3 is 15.1 Å². The van der Waals surface area contributed by atoms with E-state index in [0.717, 1.165) is 17.8 Å². The Labute approximate surface area is 185 Å². The molecule has 0 saturated heterocycles. The van der Waals surface area contributed by atoms with E-state index in [1.165, 1.54) is 6.26 Å². The van der Waals surface area contributed by atoms with Crippen LogP contribution in [0.25, 0.3) is 11.6 Å². The predicted octanol–water partition coefficient (Wildman–Crippen LogP) is 3.46. The number of furan rings is 1. The molecule has 0 unspecified atom stereocenters. The maximum atomic E-state index is 13.6. The maximum Gasteiger partial charge on any atom is 0.243 e. The molecule has 32 heavy (non-hydrogen) atoms. The summed E-state index contributed by atoms with van der Waals surface area (Å²) in [6.45, 7) is 4.19. The number of hydrogen-bond donors (Lipinski definition) is 2. The van der Waals surface area contributed by atoms with Crippen LogP contribution in [-0.2, 0) is 16.1 Å². The maximum absolute atomic E-state index is 13.6. The molecule has 0 radical (unpaired) electrons. The summed E-state index contributed by atoms with van der Waals surface area (Å²) in [5, 5.41) is 13.2. The molecule has 2 heterocycles. The van der Waals surface area contributed by atoms with Gasteiger partial charge in [0, 0.05) is 6.54 Å². The molecule has 0 fully saturated rings. The fourth-order valence-electron chi connectivity index (χ4n) is 2.69. The summed E-state index contributed by atoms with van der Waals surface area (Å²) in [6.07, 6.45) is 1.53. The standard InChI is InChI=1S/C20H20F3N5O3S/c1-11(2)9-28-19(14-4-3-7-31-14)26-27-20(28)32-10-16(30)24-8-15(29)25-13-6-5-12(21)17(22)18(13)23/h3-7,11H,8-10H2,1-2H3,(H,24,30)(H,25,29). The van der Waals surface area contributed by atoms with Crippen molar-refractivity contribution >= 4 is 29.3 Å². The van der Waals surface area contributed by atoms with Crippen molar-refractivity contribution in [1.82, 2.24) is 20.1 Å². The third-order valence-corrected chi connectivity index (χ3v) is 5.06. The number of benzene rings is 1. The summed E-state index contributed by atoms with van der Waals surface area (Å²) >= 11 is 1.13. The van der Waals surface area contributed by atoms with Gasteiger partial charge in [-0.15, -0.1) is 10.2 Å². The van der Waals surface area contributed by atoms with Gasteiger partial charge in [-0.2, -0.15) is 0 Å². The van der Waals surface area contributed by atoms with E-state index < -0.39 is 41.5 Å². The van der Waals surface area contributed by atoms with Crippen LogP contribution < -0.4 is 10.6 Å². The number of anilines is 1. The molecule has 0 aliphatic carbocycles. The first kappa shape index (κ1) is 23.4. The van der Waals surface area contributed by atoms with Gasteiger partial charge >= 0.3 is 0 Å². The van der Waals surface area contributed by atoms with Crippen LogP contribution in [0, 0.1) is 23.4 Å². The number of halogens is 3.